The quantitative estimate of drug-likeness (QED) is 0.374. The Labute approximate surface area is 186 Å². The highest BCUT2D eigenvalue weighted by atomic mass is 35.5. The van der Waals surface area contributed by atoms with Crippen molar-refractivity contribution in [3.8, 4) is 22.4 Å². The number of carbonyl (C=O) groups is 1. The van der Waals surface area contributed by atoms with Gasteiger partial charge in [-0.3, -0.25) is 9.78 Å². The van der Waals surface area contributed by atoms with Crippen LogP contribution in [0, 0.1) is 0 Å². The van der Waals surface area contributed by atoms with E-state index in [9.17, 15) is 4.79 Å². The second-order valence-electron chi connectivity index (χ2n) is 6.96. The van der Waals surface area contributed by atoms with E-state index in [4.69, 9.17) is 10.1 Å². The second-order valence-corrected chi connectivity index (χ2v) is 6.96. The number of hydrogen-bond donors (Lipinski definition) is 3. The number of aromatic nitrogens is 2. The Balaban J connectivity index is 0.00000272. The molecule has 2 aromatic heterocycles. The van der Waals surface area contributed by atoms with Gasteiger partial charge in [-0.2, -0.15) is 0 Å². The van der Waals surface area contributed by atoms with Gasteiger partial charge in [-0.05, 0) is 17.7 Å². The number of quaternary nitrogens is 1. The van der Waals surface area contributed by atoms with Crippen LogP contribution in [-0.4, -0.2) is 27.6 Å². The number of carbonyl (C=O) groups excluding carboxylic acids is 1. The van der Waals surface area contributed by atoms with E-state index >= 15 is 0 Å². The molecule has 1 amide bonds. The highest BCUT2D eigenvalue weighted by Crippen LogP contribution is 2.34. The fourth-order valence-electron chi connectivity index (χ4n) is 3.42. The molecule has 5 N–H and O–H groups in total. The first-order chi connectivity index (χ1) is 14.7. The Morgan fingerprint density at radius 3 is 2.42 bits per heavy atom. The summed E-state index contributed by atoms with van der Waals surface area (Å²) >= 11 is 0. The zero-order valence-corrected chi connectivity index (χ0v) is 17.6. The molecular formula is C24H23ClN4O2. The van der Waals surface area contributed by atoms with E-state index < -0.39 is 12.5 Å². The van der Waals surface area contributed by atoms with Crippen molar-refractivity contribution in [2.45, 2.75) is 13.1 Å². The molecule has 7 heteroatoms. The third-order valence-corrected chi connectivity index (χ3v) is 5.02. The van der Waals surface area contributed by atoms with E-state index in [1.165, 1.54) is 5.56 Å². The Bertz CT molecular complexity index is 1180. The number of nitrogens with one attached hydrogen (secondary N) is 1. The first-order valence-electron chi connectivity index (χ1n) is 9.79. The van der Waals surface area contributed by atoms with Crippen LogP contribution < -0.4 is 23.5 Å². The van der Waals surface area contributed by atoms with Gasteiger partial charge in [0.1, 0.15) is 6.61 Å². The number of hydrogen-bond acceptors (Lipinski definition) is 4. The molecule has 6 nitrogen and oxygen atoms in total. The van der Waals surface area contributed by atoms with Crippen molar-refractivity contribution in [3.63, 3.8) is 0 Å². The number of pyridine rings is 2. The number of aliphatic hydroxyl groups excluding tert-OH is 1. The average Bonchev–Trinajstić information content (AvgIpc) is 2.82. The number of fused-ring (bicyclic) bond motifs is 1. The van der Waals surface area contributed by atoms with Crippen molar-refractivity contribution in [1.29, 1.82) is 0 Å². The van der Waals surface area contributed by atoms with Crippen molar-refractivity contribution in [1.82, 2.24) is 15.3 Å². The van der Waals surface area contributed by atoms with Gasteiger partial charge in [-0.25, -0.2) is 4.98 Å². The van der Waals surface area contributed by atoms with Crippen molar-refractivity contribution in [3.05, 3.63) is 84.2 Å². The molecule has 31 heavy (non-hydrogen) atoms. The molecule has 0 radical (unpaired) electrons. The lowest BCUT2D eigenvalue weighted by Crippen LogP contribution is -3.00. The van der Waals surface area contributed by atoms with Crippen LogP contribution in [0.5, 0.6) is 0 Å². The van der Waals surface area contributed by atoms with E-state index in [2.05, 4.69) is 58.5 Å². The van der Waals surface area contributed by atoms with E-state index in [1.54, 1.807) is 6.20 Å². The lowest BCUT2D eigenvalue weighted by Gasteiger charge is -2.14. The summed E-state index contributed by atoms with van der Waals surface area (Å²) in [5.74, 6) is -0.438. The smallest absolute Gasteiger partial charge is 0.246 e. The molecule has 0 atom stereocenters. The monoisotopic (exact) mass is 434 g/mol. The molecule has 0 saturated heterocycles. The van der Waals surface area contributed by atoms with E-state index in [1.807, 2.05) is 24.3 Å². The number of benzene rings is 2. The van der Waals surface area contributed by atoms with Crippen LogP contribution in [-0.2, 0) is 17.9 Å². The van der Waals surface area contributed by atoms with Gasteiger partial charge in [0.2, 0.25) is 5.91 Å². The number of amides is 1. The summed E-state index contributed by atoms with van der Waals surface area (Å²) in [6.07, 6.45) is 1.69. The first-order valence-corrected chi connectivity index (χ1v) is 9.79. The van der Waals surface area contributed by atoms with Gasteiger partial charge in [-0.15, -0.1) is 0 Å². The molecule has 0 aliphatic carbocycles. The zero-order chi connectivity index (χ0) is 20.9. The highest BCUT2D eigenvalue weighted by Gasteiger charge is 2.14. The van der Waals surface area contributed by atoms with E-state index in [0.29, 0.717) is 5.69 Å². The van der Waals surface area contributed by atoms with Crippen molar-refractivity contribution in [2.24, 2.45) is 0 Å². The van der Waals surface area contributed by atoms with Crippen LogP contribution in [0.25, 0.3) is 33.3 Å². The fraction of sp³-hybridized carbons (Fsp3) is 0.125. The van der Waals surface area contributed by atoms with Crippen LogP contribution in [0.1, 0.15) is 11.3 Å². The SMILES string of the molecule is [Cl-].[NH3+]Cc1ccc(-c2nc3ccnc(CNC(=O)CO)c3cc2-c2ccccc2)cc1. The van der Waals surface area contributed by atoms with E-state index in [-0.39, 0.29) is 19.0 Å². The minimum atomic E-state index is -0.550. The molecule has 0 aliphatic heterocycles. The van der Waals surface area contributed by atoms with Gasteiger partial charge in [0, 0.05) is 28.3 Å². The zero-order valence-electron chi connectivity index (χ0n) is 16.9. The molecule has 0 unspecified atom stereocenters. The summed E-state index contributed by atoms with van der Waals surface area (Å²) in [5, 5.41) is 12.5. The Morgan fingerprint density at radius 1 is 1.00 bits per heavy atom. The minimum absolute atomic E-state index is 0. The minimum Gasteiger partial charge on any atom is -1.00 e. The van der Waals surface area contributed by atoms with Gasteiger partial charge in [0.15, 0.2) is 0 Å². The number of rotatable bonds is 6. The molecule has 4 aromatic rings. The summed E-state index contributed by atoms with van der Waals surface area (Å²) in [5.41, 5.74) is 10.6. The maximum Gasteiger partial charge on any atom is 0.246 e. The van der Waals surface area contributed by atoms with Crippen LogP contribution in [0.3, 0.4) is 0 Å². The Morgan fingerprint density at radius 2 is 1.74 bits per heavy atom. The molecule has 0 saturated carbocycles. The molecule has 0 bridgehead atoms. The Hall–Kier alpha value is -3.32. The van der Waals surface area contributed by atoms with Crippen molar-refractivity contribution in [2.75, 3.05) is 6.61 Å². The second kappa shape index (κ2) is 10.1. The van der Waals surface area contributed by atoms with E-state index in [0.717, 1.165) is 39.8 Å². The number of aliphatic hydroxyl groups is 1. The molecule has 4 rings (SSSR count). The summed E-state index contributed by atoms with van der Waals surface area (Å²) in [6, 6.07) is 22.3. The highest BCUT2D eigenvalue weighted by molar-refractivity contribution is 5.92. The van der Waals surface area contributed by atoms with Crippen LogP contribution in [0.2, 0.25) is 0 Å². The molecule has 0 aliphatic rings. The number of halogens is 1. The maximum atomic E-state index is 11.5. The molecule has 2 heterocycles. The third kappa shape index (κ3) is 4.88. The fourth-order valence-corrected chi connectivity index (χ4v) is 3.42. The molecule has 158 valence electrons. The third-order valence-electron chi connectivity index (χ3n) is 5.02. The summed E-state index contributed by atoms with van der Waals surface area (Å²) in [4.78, 5) is 20.9. The summed E-state index contributed by atoms with van der Waals surface area (Å²) in [6.45, 7) is 0.418. The topological polar surface area (TPSA) is 103 Å². The Kier molecular flexibility index (Phi) is 7.31. The van der Waals surface area contributed by atoms with Crippen LogP contribution >= 0.6 is 0 Å². The predicted octanol–water partition coefficient (Wildman–Crippen LogP) is -0.682. The lowest BCUT2D eigenvalue weighted by atomic mass is 9.96. The molecule has 0 fully saturated rings. The molecule has 2 aromatic carbocycles. The normalized spacial score (nSPS) is 10.5. The van der Waals surface area contributed by atoms with Crippen LogP contribution in [0.4, 0.5) is 0 Å². The van der Waals surface area contributed by atoms with Gasteiger partial charge in [-0.1, -0.05) is 54.6 Å². The summed E-state index contributed by atoms with van der Waals surface area (Å²) in [7, 11) is 0. The average molecular weight is 435 g/mol. The van der Waals surface area contributed by atoms with Crippen molar-refractivity contribution < 1.29 is 28.0 Å². The predicted molar refractivity (Wildman–Crippen MR) is 116 cm³/mol. The van der Waals surface area contributed by atoms with Gasteiger partial charge in [0.05, 0.1) is 30.0 Å². The number of nitrogens with zero attached hydrogens (tertiary/aromatic N) is 2. The first kappa shape index (κ1) is 22.4. The largest absolute Gasteiger partial charge is 1.00 e. The van der Waals surface area contributed by atoms with Gasteiger partial charge in [0.25, 0.3) is 0 Å². The summed E-state index contributed by atoms with van der Waals surface area (Å²) < 4.78 is 0. The maximum absolute atomic E-state index is 11.5. The van der Waals surface area contributed by atoms with Gasteiger partial charge >= 0.3 is 0 Å². The lowest BCUT2D eigenvalue weighted by molar-refractivity contribution is -0.386. The molecular weight excluding hydrogens is 412 g/mol. The van der Waals surface area contributed by atoms with Crippen LogP contribution in [0.15, 0.2) is 72.9 Å². The molecule has 0 spiro atoms. The van der Waals surface area contributed by atoms with Gasteiger partial charge < -0.3 is 28.6 Å². The standard InChI is InChI=1S/C24H22N4O2.ClH/c25-13-16-6-8-18(9-7-16)24-19(17-4-2-1-3-5-17)12-20-21(28-24)10-11-26-22(20)14-27-23(30)15-29;/h1-12,29H,13-15,25H2,(H,27,30);1H. The van der Waals surface area contributed by atoms with Crippen molar-refractivity contribution >= 4 is 16.8 Å².